The molecule has 0 spiro atoms. The summed E-state index contributed by atoms with van der Waals surface area (Å²) in [5, 5.41) is 7.16. The topological polar surface area (TPSA) is 34.9 Å². The number of rotatable bonds is 6. The van der Waals surface area contributed by atoms with E-state index in [1.54, 1.807) is 0 Å². The molecule has 1 unspecified atom stereocenters. The van der Waals surface area contributed by atoms with Gasteiger partial charge in [-0.3, -0.25) is 0 Å². The van der Waals surface area contributed by atoms with Gasteiger partial charge in [-0.25, -0.2) is 4.98 Å². The summed E-state index contributed by atoms with van der Waals surface area (Å²) >= 11 is 0. The number of pyridine rings is 1. The molecular weight excluding hydrogens is 760 g/mol. The molecule has 9 aromatic carbocycles. The SMILES string of the molecule is O=P1(c2ccccc2)c2ccccc2-c2cc3c(cc21)c1ccc2ccccc2c1n3-c1cc(-c2ccc(-c3ccccc3)cc2)nc(-c2ccc(-c3ccccc3)cc2)c1. The predicted octanol–water partition coefficient (Wildman–Crippen LogP) is 13.6. The Hall–Kier alpha value is -7.58. The summed E-state index contributed by atoms with van der Waals surface area (Å²) in [5.41, 5.74) is 13.7. The molecule has 0 bridgehead atoms. The van der Waals surface area contributed by atoms with Crippen molar-refractivity contribution in [2.45, 2.75) is 0 Å². The number of benzene rings is 9. The van der Waals surface area contributed by atoms with E-state index in [9.17, 15) is 0 Å². The second kappa shape index (κ2) is 14.0. The molecule has 0 fully saturated rings. The summed E-state index contributed by atoms with van der Waals surface area (Å²) in [5.74, 6) is 0. The van der Waals surface area contributed by atoms with Gasteiger partial charge in [0.15, 0.2) is 7.14 Å². The number of hydrogen-bond donors (Lipinski definition) is 0. The lowest BCUT2D eigenvalue weighted by Gasteiger charge is -2.16. The van der Waals surface area contributed by atoms with E-state index >= 15 is 4.57 Å². The average molecular weight is 797 g/mol. The van der Waals surface area contributed by atoms with E-state index < -0.39 is 7.14 Å². The molecule has 3 nitrogen and oxygen atoms in total. The molecular formula is C57H37N2OP. The van der Waals surface area contributed by atoms with Gasteiger partial charge in [0.1, 0.15) is 0 Å². The van der Waals surface area contributed by atoms with Crippen molar-refractivity contribution in [3.05, 3.63) is 224 Å². The van der Waals surface area contributed by atoms with Crippen LogP contribution < -0.4 is 15.9 Å². The van der Waals surface area contributed by atoms with Crippen molar-refractivity contribution in [3.8, 4) is 61.6 Å². The van der Waals surface area contributed by atoms with Crippen LogP contribution in [0.4, 0.5) is 0 Å². The molecule has 0 radical (unpaired) electrons. The quantitative estimate of drug-likeness (QED) is 0.157. The van der Waals surface area contributed by atoms with Gasteiger partial charge in [0.2, 0.25) is 0 Å². The third-order valence-corrected chi connectivity index (χ3v) is 15.5. The third-order valence-electron chi connectivity index (χ3n) is 12.4. The molecule has 1 aliphatic rings. The van der Waals surface area contributed by atoms with Crippen LogP contribution in [0.3, 0.4) is 0 Å². The second-order valence-electron chi connectivity index (χ2n) is 15.8. The van der Waals surface area contributed by atoms with Gasteiger partial charge in [0.05, 0.1) is 28.1 Å². The molecule has 2 aromatic heterocycles. The van der Waals surface area contributed by atoms with Crippen molar-refractivity contribution < 1.29 is 4.57 Å². The summed E-state index contributed by atoms with van der Waals surface area (Å²) in [6.45, 7) is 0. The molecule has 1 aliphatic heterocycles. The van der Waals surface area contributed by atoms with Gasteiger partial charge >= 0.3 is 0 Å². The Kier molecular flexibility index (Phi) is 8.13. The van der Waals surface area contributed by atoms with Crippen LogP contribution in [-0.2, 0) is 4.57 Å². The van der Waals surface area contributed by atoms with Gasteiger partial charge < -0.3 is 9.13 Å². The molecule has 1 atom stereocenters. The van der Waals surface area contributed by atoms with Crippen LogP contribution in [0.15, 0.2) is 224 Å². The zero-order valence-corrected chi connectivity index (χ0v) is 34.0. The lowest BCUT2D eigenvalue weighted by molar-refractivity contribution is 0.593. The highest BCUT2D eigenvalue weighted by atomic mass is 31.2. The van der Waals surface area contributed by atoms with Crippen LogP contribution in [-0.4, -0.2) is 9.55 Å². The third kappa shape index (κ3) is 5.66. The van der Waals surface area contributed by atoms with E-state index in [1.165, 1.54) is 11.1 Å². The molecule has 286 valence electrons. The zero-order valence-electron chi connectivity index (χ0n) is 33.1. The lowest BCUT2D eigenvalue weighted by atomic mass is 10.0. The van der Waals surface area contributed by atoms with Gasteiger partial charge in [0.25, 0.3) is 0 Å². The Balaban J connectivity index is 1.14. The van der Waals surface area contributed by atoms with Crippen LogP contribution >= 0.6 is 7.14 Å². The fraction of sp³-hybridized carbons (Fsp3) is 0. The molecule has 0 amide bonds. The van der Waals surface area contributed by atoms with E-state index in [4.69, 9.17) is 4.98 Å². The van der Waals surface area contributed by atoms with Crippen LogP contribution in [0.2, 0.25) is 0 Å². The zero-order chi connectivity index (χ0) is 40.5. The van der Waals surface area contributed by atoms with Crippen LogP contribution in [0, 0.1) is 0 Å². The highest BCUT2D eigenvalue weighted by Crippen LogP contribution is 2.54. The van der Waals surface area contributed by atoms with E-state index in [0.29, 0.717) is 0 Å². The summed E-state index contributed by atoms with van der Waals surface area (Å²) in [7, 11) is -3.16. The molecule has 0 aliphatic carbocycles. The van der Waals surface area contributed by atoms with Crippen LogP contribution in [0.1, 0.15) is 0 Å². The fourth-order valence-corrected chi connectivity index (χ4v) is 12.5. The van der Waals surface area contributed by atoms with Gasteiger partial charge in [-0.2, -0.15) is 0 Å². The van der Waals surface area contributed by atoms with Gasteiger partial charge in [-0.1, -0.05) is 200 Å². The minimum absolute atomic E-state index is 0.856. The largest absolute Gasteiger partial charge is 0.309 e. The highest BCUT2D eigenvalue weighted by molar-refractivity contribution is 7.86. The molecule has 12 rings (SSSR count). The smallest absolute Gasteiger partial charge is 0.172 e. The highest BCUT2D eigenvalue weighted by Gasteiger charge is 2.40. The summed E-state index contributed by atoms with van der Waals surface area (Å²) in [6.07, 6.45) is 0. The molecule has 11 aromatic rings. The van der Waals surface area contributed by atoms with E-state index in [2.05, 4.69) is 180 Å². The van der Waals surface area contributed by atoms with Crippen molar-refractivity contribution in [3.63, 3.8) is 0 Å². The Morgan fingerprint density at radius 1 is 0.377 bits per heavy atom. The fourth-order valence-electron chi connectivity index (χ4n) is 9.45. The Labute approximate surface area is 354 Å². The first-order chi connectivity index (χ1) is 30.1. The monoisotopic (exact) mass is 796 g/mol. The minimum Gasteiger partial charge on any atom is -0.309 e. The van der Waals surface area contributed by atoms with Crippen molar-refractivity contribution in [2.24, 2.45) is 0 Å². The molecule has 0 N–H and O–H groups in total. The maximum absolute atomic E-state index is 15.7. The second-order valence-corrected chi connectivity index (χ2v) is 18.5. The first-order valence-corrected chi connectivity index (χ1v) is 22.4. The Morgan fingerprint density at radius 3 is 1.54 bits per heavy atom. The number of aromatic nitrogens is 2. The Bertz CT molecular complexity index is 3420. The number of fused-ring (bicyclic) bond motifs is 8. The first-order valence-electron chi connectivity index (χ1n) is 20.7. The number of hydrogen-bond acceptors (Lipinski definition) is 2. The van der Waals surface area contributed by atoms with E-state index in [0.717, 1.165) is 98.9 Å². The maximum Gasteiger partial charge on any atom is 0.172 e. The normalized spacial score (nSPS) is 14.4. The van der Waals surface area contributed by atoms with E-state index in [1.807, 2.05) is 48.5 Å². The maximum atomic E-state index is 15.7. The van der Waals surface area contributed by atoms with Crippen molar-refractivity contribution in [2.75, 3.05) is 0 Å². The van der Waals surface area contributed by atoms with Crippen molar-refractivity contribution in [1.29, 1.82) is 0 Å². The molecule has 61 heavy (non-hydrogen) atoms. The average Bonchev–Trinajstić information content (AvgIpc) is 3.81. The lowest BCUT2D eigenvalue weighted by Crippen LogP contribution is -2.20. The molecule has 4 heteroatoms. The van der Waals surface area contributed by atoms with E-state index in [-0.39, 0.29) is 0 Å². The first kappa shape index (κ1) is 35.4. The van der Waals surface area contributed by atoms with Crippen molar-refractivity contribution in [1.82, 2.24) is 9.55 Å². The number of nitrogens with zero attached hydrogens (tertiary/aromatic N) is 2. The summed E-state index contributed by atoms with van der Waals surface area (Å²) in [6, 6.07) is 78.8. The van der Waals surface area contributed by atoms with Gasteiger partial charge in [0, 0.05) is 43.2 Å². The van der Waals surface area contributed by atoms with Gasteiger partial charge in [-0.15, -0.1) is 0 Å². The Morgan fingerprint density at radius 2 is 0.902 bits per heavy atom. The van der Waals surface area contributed by atoms with Crippen molar-refractivity contribution >= 4 is 55.6 Å². The summed E-state index contributed by atoms with van der Waals surface area (Å²) in [4.78, 5) is 5.40. The predicted molar refractivity (Wildman–Crippen MR) is 256 cm³/mol. The van der Waals surface area contributed by atoms with Gasteiger partial charge in [-0.05, 0) is 63.0 Å². The minimum atomic E-state index is -3.16. The molecule has 0 saturated carbocycles. The standard InChI is InChI=1S/C57H37N2OP/c60-61(46-19-8-3-9-20-46)55-23-13-12-22-48(55)51-36-54-50(37-56(51)61)49-33-32-42-18-10-11-21-47(42)57(49)59(54)45-34-52(43-28-24-40(25-29-43)38-14-4-1-5-15-38)58-53(35-45)44-30-26-41(27-31-44)39-16-6-2-7-17-39/h1-37H. The summed E-state index contributed by atoms with van der Waals surface area (Å²) < 4.78 is 18.2. The van der Waals surface area contributed by atoms with Crippen LogP contribution in [0.25, 0.3) is 94.2 Å². The molecule has 3 heterocycles. The molecule has 0 saturated heterocycles. The van der Waals surface area contributed by atoms with Crippen LogP contribution in [0.5, 0.6) is 0 Å².